The van der Waals surface area contributed by atoms with E-state index in [9.17, 15) is 9.90 Å². The zero-order valence-electron chi connectivity index (χ0n) is 11.8. The number of carbonyl (C=O) groups excluding carboxylic acids is 1. The summed E-state index contributed by atoms with van der Waals surface area (Å²) in [5.74, 6) is 0.317. The first kappa shape index (κ1) is 15.3. The molecule has 0 heterocycles. The average molecular weight is 267 g/mol. The van der Waals surface area contributed by atoms with Crippen molar-refractivity contribution in [3.05, 3.63) is 23.3 Å². The van der Waals surface area contributed by atoms with Crippen molar-refractivity contribution in [3.8, 4) is 5.75 Å². The molecule has 1 aromatic carbocycles. The fourth-order valence-corrected chi connectivity index (χ4v) is 1.93. The Hall–Kier alpha value is -1.75. The van der Waals surface area contributed by atoms with Gasteiger partial charge < -0.3 is 19.9 Å². The zero-order valence-corrected chi connectivity index (χ0v) is 11.8. The van der Waals surface area contributed by atoms with Crippen molar-refractivity contribution >= 4 is 11.7 Å². The minimum Gasteiger partial charge on any atom is -0.494 e. The van der Waals surface area contributed by atoms with Gasteiger partial charge in [-0.2, -0.15) is 0 Å². The number of anilines is 1. The van der Waals surface area contributed by atoms with Crippen LogP contribution in [0.5, 0.6) is 5.75 Å². The van der Waals surface area contributed by atoms with Crippen molar-refractivity contribution < 1.29 is 19.4 Å². The Morgan fingerprint density at radius 2 is 2.05 bits per heavy atom. The average Bonchev–Trinajstić information content (AvgIpc) is 2.35. The Kier molecular flexibility index (Phi) is 5.63. The van der Waals surface area contributed by atoms with Crippen LogP contribution >= 0.6 is 0 Å². The number of hydrogen-bond donors (Lipinski definition) is 2. The Morgan fingerprint density at radius 3 is 2.63 bits per heavy atom. The van der Waals surface area contributed by atoms with E-state index in [-0.39, 0.29) is 13.0 Å². The highest BCUT2D eigenvalue weighted by Crippen LogP contribution is 2.29. The smallest absolute Gasteiger partial charge is 0.308 e. The van der Waals surface area contributed by atoms with Gasteiger partial charge in [-0.1, -0.05) is 6.07 Å². The Bertz CT molecular complexity index is 445. The summed E-state index contributed by atoms with van der Waals surface area (Å²) in [4.78, 5) is 11.0. The Labute approximate surface area is 113 Å². The topological polar surface area (TPSA) is 67.8 Å². The van der Waals surface area contributed by atoms with Crippen LogP contribution in [0, 0.1) is 13.8 Å². The molecule has 1 aromatic rings. The lowest BCUT2D eigenvalue weighted by Gasteiger charge is -2.16. The van der Waals surface area contributed by atoms with Gasteiger partial charge >= 0.3 is 5.97 Å². The highest BCUT2D eigenvalue weighted by atomic mass is 16.5. The van der Waals surface area contributed by atoms with Crippen LogP contribution in [-0.4, -0.2) is 37.9 Å². The molecule has 0 spiro atoms. The van der Waals surface area contributed by atoms with E-state index in [1.54, 1.807) is 7.11 Å². The maximum Gasteiger partial charge on any atom is 0.308 e. The molecule has 1 atom stereocenters. The summed E-state index contributed by atoms with van der Waals surface area (Å²) in [5.41, 5.74) is 2.93. The highest BCUT2D eigenvalue weighted by molar-refractivity contribution is 5.70. The molecule has 106 valence electrons. The van der Waals surface area contributed by atoms with Crippen molar-refractivity contribution in [3.63, 3.8) is 0 Å². The standard InChI is InChI=1S/C14H21NO4/c1-9-5-10(2)14(19-4)12(6-9)15-8-11(16)7-13(17)18-3/h5-6,11,15-16H,7-8H2,1-4H3. The SMILES string of the molecule is COC(=O)CC(O)CNc1cc(C)cc(C)c1OC. The second-order valence-electron chi connectivity index (χ2n) is 4.48. The molecule has 0 aliphatic carbocycles. The number of carbonyl (C=O) groups is 1. The van der Waals surface area contributed by atoms with Crippen LogP contribution in [0.2, 0.25) is 0 Å². The van der Waals surface area contributed by atoms with E-state index in [0.29, 0.717) is 0 Å². The van der Waals surface area contributed by atoms with Gasteiger partial charge in [0.05, 0.1) is 32.4 Å². The third-order valence-corrected chi connectivity index (χ3v) is 2.78. The van der Waals surface area contributed by atoms with Crippen LogP contribution in [0.15, 0.2) is 12.1 Å². The summed E-state index contributed by atoms with van der Waals surface area (Å²) in [6, 6.07) is 3.96. The van der Waals surface area contributed by atoms with E-state index in [1.807, 2.05) is 26.0 Å². The molecule has 2 N–H and O–H groups in total. The number of esters is 1. The molecule has 1 rings (SSSR count). The number of aliphatic hydroxyl groups is 1. The summed E-state index contributed by atoms with van der Waals surface area (Å²) < 4.78 is 9.83. The summed E-state index contributed by atoms with van der Waals surface area (Å²) >= 11 is 0. The van der Waals surface area contributed by atoms with Crippen molar-refractivity contribution in [2.75, 3.05) is 26.1 Å². The molecule has 5 nitrogen and oxygen atoms in total. The van der Waals surface area contributed by atoms with Crippen LogP contribution in [0.1, 0.15) is 17.5 Å². The fourth-order valence-electron chi connectivity index (χ4n) is 1.93. The number of aryl methyl sites for hydroxylation is 2. The number of nitrogens with one attached hydrogen (secondary N) is 1. The normalized spacial score (nSPS) is 11.8. The van der Waals surface area contributed by atoms with Gasteiger partial charge in [0.15, 0.2) is 0 Å². The van der Waals surface area contributed by atoms with E-state index in [0.717, 1.165) is 22.6 Å². The van der Waals surface area contributed by atoms with Gasteiger partial charge in [-0.25, -0.2) is 0 Å². The number of benzene rings is 1. The number of hydrogen-bond acceptors (Lipinski definition) is 5. The third kappa shape index (κ3) is 4.44. The largest absolute Gasteiger partial charge is 0.494 e. The van der Waals surface area contributed by atoms with E-state index >= 15 is 0 Å². The number of ether oxygens (including phenoxy) is 2. The lowest BCUT2D eigenvalue weighted by atomic mass is 10.1. The van der Waals surface area contributed by atoms with Gasteiger partial charge in [-0.05, 0) is 31.0 Å². The van der Waals surface area contributed by atoms with Gasteiger partial charge in [0.1, 0.15) is 5.75 Å². The molecular formula is C14H21NO4. The van der Waals surface area contributed by atoms with Gasteiger partial charge in [0.25, 0.3) is 0 Å². The van der Waals surface area contributed by atoms with E-state index < -0.39 is 12.1 Å². The fraction of sp³-hybridized carbons (Fsp3) is 0.500. The van der Waals surface area contributed by atoms with E-state index in [1.165, 1.54) is 7.11 Å². The minimum absolute atomic E-state index is 0.0311. The van der Waals surface area contributed by atoms with Crippen molar-refractivity contribution in [2.24, 2.45) is 0 Å². The third-order valence-electron chi connectivity index (χ3n) is 2.78. The highest BCUT2D eigenvalue weighted by Gasteiger charge is 2.13. The molecule has 0 saturated heterocycles. The Morgan fingerprint density at radius 1 is 1.37 bits per heavy atom. The maximum atomic E-state index is 11.0. The predicted molar refractivity (Wildman–Crippen MR) is 73.6 cm³/mol. The molecule has 0 fully saturated rings. The summed E-state index contributed by atoms with van der Waals surface area (Å²) in [6.45, 7) is 4.21. The van der Waals surface area contributed by atoms with Crippen LogP contribution in [0.3, 0.4) is 0 Å². The summed E-state index contributed by atoms with van der Waals surface area (Å²) in [6.07, 6.45) is -0.825. The summed E-state index contributed by atoms with van der Waals surface area (Å²) in [7, 11) is 2.91. The van der Waals surface area contributed by atoms with Crippen LogP contribution in [-0.2, 0) is 9.53 Å². The number of aliphatic hydroxyl groups excluding tert-OH is 1. The zero-order chi connectivity index (χ0) is 14.4. The molecule has 19 heavy (non-hydrogen) atoms. The molecule has 0 aromatic heterocycles. The maximum absolute atomic E-state index is 11.0. The first-order valence-corrected chi connectivity index (χ1v) is 6.12. The number of methoxy groups -OCH3 is 2. The monoisotopic (exact) mass is 267 g/mol. The molecule has 0 bridgehead atoms. The van der Waals surface area contributed by atoms with Gasteiger partial charge in [-0.3, -0.25) is 4.79 Å². The quantitative estimate of drug-likeness (QED) is 0.767. The number of rotatable bonds is 6. The molecule has 0 radical (unpaired) electrons. The molecule has 1 unspecified atom stereocenters. The molecule has 0 aliphatic rings. The first-order chi connectivity index (χ1) is 8.97. The summed E-state index contributed by atoms with van der Waals surface area (Å²) in [5, 5.41) is 12.8. The predicted octanol–water partition coefficient (Wildman–Crippen LogP) is 1.65. The second kappa shape index (κ2) is 6.99. The van der Waals surface area contributed by atoms with E-state index in [4.69, 9.17) is 4.74 Å². The van der Waals surface area contributed by atoms with Gasteiger partial charge in [0, 0.05) is 6.54 Å². The van der Waals surface area contributed by atoms with E-state index in [2.05, 4.69) is 10.1 Å². The van der Waals surface area contributed by atoms with Gasteiger partial charge in [0.2, 0.25) is 0 Å². The molecular weight excluding hydrogens is 246 g/mol. The first-order valence-electron chi connectivity index (χ1n) is 6.12. The minimum atomic E-state index is -0.794. The van der Waals surface area contributed by atoms with Gasteiger partial charge in [-0.15, -0.1) is 0 Å². The van der Waals surface area contributed by atoms with Crippen LogP contribution in [0.25, 0.3) is 0 Å². The van der Waals surface area contributed by atoms with Crippen molar-refractivity contribution in [1.82, 2.24) is 0 Å². The second-order valence-corrected chi connectivity index (χ2v) is 4.48. The van der Waals surface area contributed by atoms with Crippen LogP contribution < -0.4 is 10.1 Å². The molecule has 0 aliphatic heterocycles. The molecule has 0 amide bonds. The van der Waals surface area contributed by atoms with Crippen LogP contribution in [0.4, 0.5) is 5.69 Å². The Balaban J connectivity index is 2.69. The molecule has 0 saturated carbocycles. The van der Waals surface area contributed by atoms with Crippen molar-refractivity contribution in [1.29, 1.82) is 0 Å². The van der Waals surface area contributed by atoms with Crippen molar-refractivity contribution in [2.45, 2.75) is 26.4 Å². The lowest BCUT2D eigenvalue weighted by molar-refractivity contribution is -0.142. The lowest BCUT2D eigenvalue weighted by Crippen LogP contribution is -2.23. The molecule has 5 heteroatoms.